The molecule has 1 aliphatic carbocycles. The first-order valence-electron chi connectivity index (χ1n) is 8.24. The molecule has 4 rings (SSSR count). The molecule has 0 saturated carbocycles. The Labute approximate surface area is 154 Å². The summed E-state index contributed by atoms with van der Waals surface area (Å²) in [6.45, 7) is 1.91. The van der Waals surface area contributed by atoms with Crippen LogP contribution >= 0.6 is 0 Å². The van der Waals surface area contributed by atoms with Gasteiger partial charge in [0, 0.05) is 36.3 Å². The van der Waals surface area contributed by atoms with E-state index in [0.29, 0.717) is 5.17 Å². The second-order valence-electron chi connectivity index (χ2n) is 5.99. The molecule has 1 aliphatic heterocycles. The van der Waals surface area contributed by atoms with Gasteiger partial charge in [-0.05, 0) is 31.2 Å². The minimum Gasteiger partial charge on any atom is -0.496 e. The number of aliphatic imine (C=N–C) groups is 2. The maximum Gasteiger partial charge on any atom is 0.220 e. The lowest BCUT2D eigenvalue weighted by molar-refractivity contribution is 0.410. The molecule has 0 bridgehead atoms. The Morgan fingerprint density at radius 2 is 2.08 bits per heavy atom. The topological polar surface area (TPSA) is 68.8 Å². The van der Waals surface area contributed by atoms with Gasteiger partial charge in [0.2, 0.25) is 5.17 Å². The van der Waals surface area contributed by atoms with E-state index >= 15 is 0 Å². The Kier molecular flexibility index (Phi) is 4.38. The monoisotopic (exact) mass is 366 g/mol. The van der Waals surface area contributed by atoms with Crippen molar-refractivity contribution in [1.29, 1.82) is 0 Å². The molecule has 26 heavy (non-hydrogen) atoms. The number of hydrogen-bond acceptors (Lipinski definition) is 5. The molecule has 7 heteroatoms. The van der Waals surface area contributed by atoms with Crippen LogP contribution in [0.1, 0.15) is 17.7 Å². The van der Waals surface area contributed by atoms with E-state index in [0.717, 1.165) is 40.5 Å². The molecule has 0 aromatic carbocycles. The normalized spacial score (nSPS) is 17.0. The maximum absolute atomic E-state index is 12.8. The zero-order valence-electron chi connectivity index (χ0n) is 14.5. The lowest BCUT2D eigenvalue weighted by Crippen LogP contribution is -2.09. The number of ether oxygens (including phenoxy) is 1. The van der Waals surface area contributed by atoms with Gasteiger partial charge in [-0.25, -0.2) is 9.98 Å². The van der Waals surface area contributed by atoms with E-state index < -0.39 is 10.8 Å². The Hall–Kier alpha value is -2.80. The summed E-state index contributed by atoms with van der Waals surface area (Å²) in [5.74, 6) is 1.00. The average Bonchev–Trinajstić information content (AvgIpc) is 3.32. The van der Waals surface area contributed by atoms with Crippen molar-refractivity contribution in [2.75, 3.05) is 7.11 Å². The number of rotatable bonds is 4. The molecular weight excluding hydrogens is 348 g/mol. The largest absolute Gasteiger partial charge is 0.496 e. The number of methoxy groups -OCH3 is 1. The van der Waals surface area contributed by atoms with Crippen LogP contribution in [0.2, 0.25) is 0 Å². The van der Waals surface area contributed by atoms with Crippen molar-refractivity contribution in [2.24, 2.45) is 9.98 Å². The molecule has 0 radical (unpaired) electrons. The van der Waals surface area contributed by atoms with Gasteiger partial charge in [-0.3, -0.25) is 9.19 Å². The minimum absolute atomic E-state index is 0.264. The number of fused-ring (bicyclic) bond motifs is 1. The highest BCUT2D eigenvalue weighted by atomic mass is 32.2. The number of nitrogens with zero attached hydrogens (tertiary/aromatic N) is 4. The van der Waals surface area contributed by atoms with Crippen LogP contribution in [0.25, 0.3) is 5.70 Å². The lowest BCUT2D eigenvalue weighted by Gasteiger charge is -2.11. The highest BCUT2D eigenvalue weighted by Crippen LogP contribution is 2.26. The number of amidine groups is 1. The first-order chi connectivity index (χ1) is 12.7. The Morgan fingerprint density at radius 1 is 1.27 bits per heavy atom. The summed E-state index contributed by atoms with van der Waals surface area (Å²) in [5.41, 5.74) is 4.29. The van der Waals surface area contributed by atoms with E-state index in [4.69, 9.17) is 4.74 Å². The molecule has 2 aromatic heterocycles. The van der Waals surface area contributed by atoms with E-state index in [1.165, 1.54) is 0 Å². The molecule has 0 saturated heterocycles. The highest BCUT2D eigenvalue weighted by molar-refractivity contribution is 7.99. The number of pyridine rings is 1. The van der Waals surface area contributed by atoms with Crippen LogP contribution in [0.5, 0.6) is 5.75 Å². The number of hydrogen-bond donors (Lipinski definition) is 0. The lowest BCUT2D eigenvalue weighted by atomic mass is 10.1. The summed E-state index contributed by atoms with van der Waals surface area (Å²) in [7, 11) is 0.249. The standard InChI is InChI=1S/C19H18N4O2S/c1-13-17(20-8-7-18(13)25-2)12-26(24)19-21-15-6-5-14(11-16(15)22-19)23-9-3-4-10-23/h3-4,6-11H,5,12H2,1-2H3. The SMILES string of the molecule is COc1ccnc(CS(=O)C2=NC3=CCC(n4cccc4)=CC3=N2)c1C. The summed E-state index contributed by atoms with van der Waals surface area (Å²) >= 11 is 0. The van der Waals surface area contributed by atoms with Crippen LogP contribution in [0.15, 0.2) is 64.6 Å². The van der Waals surface area contributed by atoms with Crippen LogP contribution in [0, 0.1) is 6.92 Å². The molecule has 6 nitrogen and oxygen atoms in total. The smallest absolute Gasteiger partial charge is 0.220 e. The summed E-state index contributed by atoms with van der Waals surface area (Å²) < 4.78 is 20.1. The van der Waals surface area contributed by atoms with Crippen molar-refractivity contribution in [3.63, 3.8) is 0 Å². The highest BCUT2D eigenvalue weighted by Gasteiger charge is 2.23. The molecule has 2 aromatic rings. The molecule has 132 valence electrons. The molecule has 0 spiro atoms. The van der Waals surface area contributed by atoms with Crippen molar-refractivity contribution >= 4 is 27.4 Å². The second kappa shape index (κ2) is 6.84. The zero-order valence-corrected chi connectivity index (χ0v) is 15.4. The molecule has 0 fully saturated rings. The summed E-state index contributed by atoms with van der Waals surface area (Å²) in [6, 6.07) is 5.76. The third-order valence-corrected chi connectivity index (χ3v) is 5.51. The van der Waals surface area contributed by atoms with E-state index in [1.54, 1.807) is 19.4 Å². The van der Waals surface area contributed by atoms with Crippen LogP contribution in [-0.2, 0) is 16.6 Å². The fourth-order valence-electron chi connectivity index (χ4n) is 2.94. The van der Waals surface area contributed by atoms with Gasteiger partial charge >= 0.3 is 0 Å². The second-order valence-corrected chi connectivity index (χ2v) is 7.33. The van der Waals surface area contributed by atoms with Gasteiger partial charge in [-0.2, -0.15) is 0 Å². The fraction of sp³-hybridized carbons (Fsp3) is 0.211. The molecule has 0 N–H and O–H groups in total. The van der Waals surface area contributed by atoms with Crippen molar-refractivity contribution in [3.8, 4) is 5.75 Å². The molecule has 0 amide bonds. The van der Waals surface area contributed by atoms with E-state index in [2.05, 4.69) is 15.0 Å². The fourth-order valence-corrected chi connectivity index (χ4v) is 4.01. The summed E-state index contributed by atoms with van der Waals surface area (Å²) in [5, 5.41) is 0.347. The molecule has 1 unspecified atom stereocenters. The maximum atomic E-state index is 12.8. The third kappa shape index (κ3) is 3.06. The molecule has 1 atom stereocenters. The van der Waals surface area contributed by atoms with Crippen LogP contribution in [-0.4, -0.2) is 31.7 Å². The Bertz CT molecular complexity index is 1000. The van der Waals surface area contributed by atoms with Gasteiger partial charge in [0.25, 0.3) is 0 Å². The number of allylic oxidation sites excluding steroid dienone is 3. The van der Waals surface area contributed by atoms with Crippen LogP contribution in [0.3, 0.4) is 0 Å². The van der Waals surface area contributed by atoms with Gasteiger partial charge < -0.3 is 9.30 Å². The van der Waals surface area contributed by atoms with Gasteiger partial charge in [0.15, 0.2) is 0 Å². The summed E-state index contributed by atoms with van der Waals surface area (Å²) in [6.07, 6.45) is 10.4. The molecule has 2 aliphatic rings. The average molecular weight is 366 g/mol. The van der Waals surface area contributed by atoms with Crippen LogP contribution in [0.4, 0.5) is 0 Å². The molecular formula is C19H18N4O2S. The first-order valence-corrected chi connectivity index (χ1v) is 9.56. The van der Waals surface area contributed by atoms with Crippen molar-refractivity contribution in [1.82, 2.24) is 9.55 Å². The molecule has 3 heterocycles. The zero-order chi connectivity index (χ0) is 18.1. The van der Waals surface area contributed by atoms with Gasteiger partial charge in [0.05, 0.1) is 40.8 Å². The predicted molar refractivity (Wildman–Crippen MR) is 104 cm³/mol. The van der Waals surface area contributed by atoms with Gasteiger partial charge in [0.1, 0.15) is 5.75 Å². The van der Waals surface area contributed by atoms with Crippen LogP contribution < -0.4 is 4.74 Å². The van der Waals surface area contributed by atoms with Crippen molar-refractivity contribution < 1.29 is 8.95 Å². The quantitative estimate of drug-likeness (QED) is 0.835. The summed E-state index contributed by atoms with van der Waals surface area (Å²) in [4.78, 5) is 13.3. The van der Waals surface area contributed by atoms with Gasteiger partial charge in [-0.15, -0.1) is 0 Å². The number of aromatic nitrogens is 2. The third-order valence-electron chi connectivity index (χ3n) is 4.39. The Morgan fingerprint density at radius 3 is 2.85 bits per heavy atom. The van der Waals surface area contributed by atoms with Crippen molar-refractivity contribution in [3.05, 3.63) is 65.9 Å². The van der Waals surface area contributed by atoms with E-state index in [1.807, 2.05) is 48.2 Å². The predicted octanol–water partition coefficient (Wildman–Crippen LogP) is 3.09. The van der Waals surface area contributed by atoms with Crippen molar-refractivity contribution in [2.45, 2.75) is 19.1 Å². The Balaban J connectivity index is 1.56. The van der Waals surface area contributed by atoms with E-state index in [9.17, 15) is 4.21 Å². The minimum atomic E-state index is -1.36. The van der Waals surface area contributed by atoms with E-state index in [-0.39, 0.29) is 5.75 Å². The van der Waals surface area contributed by atoms with Gasteiger partial charge in [-0.1, -0.05) is 6.08 Å². The first kappa shape index (κ1) is 16.7.